The number of fused-ring (bicyclic) bond motifs is 3. The second-order valence-corrected chi connectivity index (χ2v) is 10.0. The molecule has 0 radical (unpaired) electrons. The summed E-state index contributed by atoms with van der Waals surface area (Å²) in [6.07, 6.45) is 1.57. The van der Waals surface area contributed by atoms with Crippen LogP contribution in [-0.2, 0) is 19.1 Å². The van der Waals surface area contributed by atoms with E-state index >= 15 is 0 Å². The Morgan fingerprint density at radius 1 is 1.19 bits per heavy atom. The van der Waals surface area contributed by atoms with E-state index in [-0.39, 0.29) is 34.7 Å². The maximum absolute atomic E-state index is 13.5. The number of hydrogen-bond donors (Lipinski definition) is 1. The van der Waals surface area contributed by atoms with Crippen LogP contribution in [0.25, 0.3) is 0 Å². The van der Waals surface area contributed by atoms with Gasteiger partial charge in [-0.2, -0.15) is 0 Å². The first-order chi connectivity index (χ1) is 12.5. The molecule has 5 heteroatoms. The Balaban J connectivity index is 1.88. The molecule has 4 aliphatic rings. The molecule has 2 unspecified atom stereocenters. The minimum absolute atomic E-state index is 0.00747. The molecule has 7 atom stereocenters. The predicted molar refractivity (Wildman–Crippen MR) is 98.6 cm³/mol. The highest BCUT2D eigenvalue weighted by Crippen LogP contribution is 2.71. The first-order valence-electron chi connectivity index (χ1n) is 10.1. The first-order valence-corrected chi connectivity index (χ1v) is 10.1. The van der Waals surface area contributed by atoms with Gasteiger partial charge in [0, 0.05) is 24.7 Å². The van der Waals surface area contributed by atoms with Gasteiger partial charge in [0.25, 0.3) is 0 Å². The number of ketones is 2. The van der Waals surface area contributed by atoms with Gasteiger partial charge in [0.1, 0.15) is 11.9 Å². The van der Waals surface area contributed by atoms with Gasteiger partial charge in [0.2, 0.25) is 0 Å². The van der Waals surface area contributed by atoms with E-state index in [0.717, 1.165) is 19.3 Å². The molecule has 27 heavy (non-hydrogen) atoms. The van der Waals surface area contributed by atoms with Crippen LogP contribution < -0.4 is 0 Å². The van der Waals surface area contributed by atoms with E-state index in [9.17, 15) is 19.5 Å². The molecule has 2 bridgehead atoms. The van der Waals surface area contributed by atoms with Crippen molar-refractivity contribution in [2.75, 3.05) is 0 Å². The number of ether oxygens (including phenoxy) is 1. The highest BCUT2D eigenvalue weighted by Gasteiger charge is 2.75. The Morgan fingerprint density at radius 2 is 1.85 bits per heavy atom. The van der Waals surface area contributed by atoms with E-state index in [1.807, 2.05) is 13.8 Å². The molecule has 0 saturated heterocycles. The molecular weight excluding hydrogens is 344 g/mol. The van der Waals surface area contributed by atoms with Gasteiger partial charge in [0.15, 0.2) is 5.78 Å². The van der Waals surface area contributed by atoms with Gasteiger partial charge in [-0.1, -0.05) is 27.4 Å². The first kappa shape index (κ1) is 18.9. The SMILES string of the molecule is C=C1C(=O)C23[C@H](OC(C)=O)C1CC[C@@H]2[C@@]1(C)CCC(=O)C(C)(C)[C@@H]1C[C@@H]3O. The van der Waals surface area contributed by atoms with Gasteiger partial charge < -0.3 is 9.84 Å². The number of aliphatic hydroxyl groups excluding tert-OH is 1. The van der Waals surface area contributed by atoms with Gasteiger partial charge in [0.05, 0.1) is 11.5 Å². The molecule has 1 N–H and O–H groups in total. The number of carbonyl (C=O) groups is 3. The lowest BCUT2D eigenvalue weighted by Crippen LogP contribution is -2.68. The third-order valence-corrected chi connectivity index (χ3v) is 8.69. The average Bonchev–Trinajstić information content (AvgIpc) is 2.70. The fourth-order valence-corrected chi connectivity index (χ4v) is 7.46. The third kappa shape index (κ3) is 2.07. The molecule has 5 nitrogen and oxygen atoms in total. The van der Waals surface area contributed by atoms with Crippen molar-refractivity contribution in [3.63, 3.8) is 0 Å². The summed E-state index contributed by atoms with van der Waals surface area (Å²) < 4.78 is 5.70. The van der Waals surface area contributed by atoms with E-state index in [1.54, 1.807) is 0 Å². The standard InChI is InChI=1S/C22H30O5/c1-11-13-6-7-14-21(5)9-8-16(24)20(3,4)15(21)10-17(25)22(14,18(11)26)19(13)27-12(2)23/h13-15,17,19,25H,1,6-10H2,2-5H3/t13?,14-,15+,17+,19-,21-,22?/m1/s1. The van der Waals surface area contributed by atoms with Gasteiger partial charge in [-0.05, 0) is 48.5 Å². The van der Waals surface area contributed by atoms with Crippen molar-refractivity contribution in [3.8, 4) is 0 Å². The summed E-state index contributed by atoms with van der Waals surface area (Å²) in [6, 6.07) is 0. The zero-order valence-electron chi connectivity index (χ0n) is 16.7. The molecule has 0 aliphatic heterocycles. The maximum atomic E-state index is 13.5. The molecular formula is C22H30O5. The Morgan fingerprint density at radius 3 is 2.48 bits per heavy atom. The number of rotatable bonds is 1. The molecule has 4 rings (SSSR count). The summed E-state index contributed by atoms with van der Waals surface area (Å²) in [5, 5.41) is 11.4. The predicted octanol–water partition coefficient (Wildman–Crippen LogP) is 2.85. The van der Waals surface area contributed by atoms with Crippen molar-refractivity contribution in [2.45, 2.75) is 72.0 Å². The zero-order valence-corrected chi connectivity index (χ0v) is 16.7. The Kier molecular flexibility index (Phi) is 3.86. The van der Waals surface area contributed by atoms with Crippen LogP contribution in [0, 0.1) is 34.0 Å². The zero-order chi connectivity index (χ0) is 19.9. The highest BCUT2D eigenvalue weighted by atomic mass is 16.5. The van der Waals surface area contributed by atoms with Crippen molar-refractivity contribution in [3.05, 3.63) is 12.2 Å². The lowest BCUT2D eigenvalue weighted by molar-refractivity contribution is -0.229. The van der Waals surface area contributed by atoms with Crippen LogP contribution in [0.1, 0.15) is 59.8 Å². The number of esters is 1. The van der Waals surface area contributed by atoms with Crippen LogP contribution in [0.4, 0.5) is 0 Å². The molecule has 4 fully saturated rings. The monoisotopic (exact) mass is 374 g/mol. The van der Waals surface area contributed by atoms with Crippen LogP contribution in [0.15, 0.2) is 12.2 Å². The van der Waals surface area contributed by atoms with Gasteiger partial charge in [-0.25, -0.2) is 0 Å². The maximum Gasteiger partial charge on any atom is 0.302 e. The third-order valence-electron chi connectivity index (χ3n) is 8.69. The fourth-order valence-electron chi connectivity index (χ4n) is 7.46. The van der Waals surface area contributed by atoms with Crippen LogP contribution in [0.2, 0.25) is 0 Å². The summed E-state index contributed by atoms with van der Waals surface area (Å²) in [6.45, 7) is 11.5. The number of aliphatic hydroxyl groups is 1. The normalized spacial score (nSPS) is 48.0. The number of hydrogen-bond acceptors (Lipinski definition) is 5. The van der Waals surface area contributed by atoms with Gasteiger partial charge in [-0.15, -0.1) is 0 Å². The van der Waals surface area contributed by atoms with E-state index in [4.69, 9.17) is 4.74 Å². The summed E-state index contributed by atoms with van der Waals surface area (Å²) in [5.74, 6) is -0.619. The Hall–Kier alpha value is -1.49. The Labute approximate surface area is 160 Å². The van der Waals surface area contributed by atoms with Crippen LogP contribution in [0.3, 0.4) is 0 Å². The van der Waals surface area contributed by atoms with Crippen molar-refractivity contribution in [1.82, 2.24) is 0 Å². The second-order valence-electron chi connectivity index (χ2n) is 10.0. The van der Waals surface area contributed by atoms with Crippen molar-refractivity contribution < 1.29 is 24.2 Å². The molecule has 148 valence electrons. The molecule has 0 aromatic rings. The summed E-state index contributed by atoms with van der Waals surface area (Å²) in [7, 11) is 0. The average molecular weight is 374 g/mol. The van der Waals surface area contributed by atoms with Gasteiger partial charge >= 0.3 is 5.97 Å². The fraction of sp³-hybridized carbons (Fsp3) is 0.773. The minimum atomic E-state index is -1.10. The molecule has 4 aliphatic carbocycles. The quantitative estimate of drug-likeness (QED) is 0.564. The highest BCUT2D eigenvalue weighted by molar-refractivity contribution is 6.05. The molecule has 1 spiro atoms. The molecule has 0 aromatic heterocycles. The molecule has 0 amide bonds. The van der Waals surface area contributed by atoms with E-state index < -0.39 is 29.0 Å². The minimum Gasteiger partial charge on any atom is -0.461 e. The smallest absolute Gasteiger partial charge is 0.302 e. The van der Waals surface area contributed by atoms with E-state index in [2.05, 4.69) is 13.5 Å². The lowest BCUT2D eigenvalue weighted by Gasteiger charge is -2.64. The summed E-state index contributed by atoms with van der Waals surface area (Å²) >= 11 is 0. The van der Waals surface area contributed by atoms with E-state index in [1.165, 1.54) is 6.92 Å². The van der Waals surface area contributed by atoms with Gasteiger partial charge in [-0.3, -0.25) is 14.4 Å². The van der Waals surface area contributed by atoms with E-state index in [0.29, 0.717) is 18.4 Å². The second kappa shape index (κ2) is 5.53. The summed E-state index contributed by atoms with van der Waals surface area (Å²) in [4.78, 5) is 37.9. The van der Waals surface area contributed by atoms with Crippen molar-refractivity contribution in [2.24, 2.45) is 34.0 Å². The molecule has 4 saturated carbocycles. The van der Waals surface area contributed by atoms with Crippen LogP contribution in [0.5, 0.6) is 0 Å². The summed E-state index contributed by atoms with van der Waals surface area (Å²) in [5.41, 5.74) is -1.38. The number of Topliss-reactive ketones (excluding diaryl/α,β-unsaturated/α-hetero) is 2. The Bertz CT molecular complexity index is 752. The van der Waals surface area contributed by atoms with Crippen molar-refractivity contribution >= 4 is 17.5 Å². The molecule has 0 aromatic carbocycles. The van der Waals surface area contributed by atoms with Crippen molar-refractivity contribution in [1.29, 1.82) is 0 Å². The topological polar surface area (TPSA) is 80.7 Å². The molecule has 0 heterocycles. The largest absolute Gasteiger partial charge is 0.461 e. The number of carbonyl (C=O) groups excluding carboxylic acids is 3. The van der Waals surface area contributed by atoms with Crippen LogP contribution >= 0.6 is 0 Å². The lowest BCUT2D eigenvalue weighted by atomic mass is 9.39. The van der Waals surface area contributed by atoms with Crippen LogP contribution in [-0.4, -0.2) is 34.9 Å².